The Balaban J connectivity index is 1.67. The molecule has 2 aliphatic rings. The number of nitrogens with zero attached hydrogens (tertiary/aromatic N) is 2. The second-order valence-electron chi connectivity index (χ2n) is 5.73. The number of rotatable bonds is 2. The smallest absolute Gasteiger partial charge is 0.177 e. The van der Waals surface area contributed by atoms with Gasteiger partial charge in [-0.2, -0.15) is 5.10 Å². The number of hydrazone groups is 1. The molecule has 1 aromatic carbocycles. The summed E-state index contributed by atoms with van der Waals surface area (Å²) in [6.07, 6.45) is 5.06. The van der Waals surface area contributed by atoms with E-state index in [1.807, 2.05) is 0 Å². The predicted octanol–water partition coefficient (Wildman–Crippen LogP) is 3.80. The van der Waals surface area contributed by atoms with Crippen LogP contribution in [0.3, 0.4) is 0 Å². The van der Waals surface area contributed by atoms with Gasteiger partial charge in [-0.25, -0.2) is 4.39 Å². The largest absolute Gasteiger partial charge is 0.258 e. The van der Waals surface area contributed by atoms with Crippen LogP contribution in [-0.2, 0) is 0 Å². The second-order valence-corrected chi connectivity index (χ2v) is 6.69. The van der Waals surface area contributed by atoms with Crippen LogP contribution in [0.2, 0.25) is 0 Å². The van der Waals surface area contributed by atoms with Crippen molar-refractivity contribution in [1.82, 2.24) is 5.43 Å². The Morgan fingerprint density at radius 1 is 1.24 bits per heavy atom. The van der Waals surface area contributed by atoms with Crippen LogP contribution < -0.4 is 5.43 Å². The summed E-state index contributed by atoms with van der Waals surface area (Å²) in [5.74, 6) is 1.22. The highest BCUT2D eigenvalue weighted by atomic mass is 32.2. The van der Waals surface area contributed by atoms with Gasteiger partial charge >= 0.3 is 0 Å². The predicted molar refractivity (Wildman–Crippen MR) is 87.4 cm³/mol. The Kier molecular flexibility index (Phi) is 4.58. The molecule has 1 fully saturated rings. The van der Waals surface area contributed by atoms with E-state index in [9.17, 15) is 4.39 Å². The first-order chi connectivity index (χ1) is 10.2. The van der Waals surface area contributed by atoms with Gasteiger partial charge < -0.3 is 0 Å². The minimum Gasteiger partial charge on any atom is -0.258 e. The van der Waals surface area contributed by atoms with Gasteiger partial charge in [0.25, 0.3) is 0 Å². The molecule has 0 aromatic heterocycles. The van der Waals surface area contributed by atoms with Crippen LogP contribution in [0.25, 0.3) is 0 Å². The molecule has 3 nitrogen and oxygen atoms in total. The first-order valence-electron chi connectivity index (χ1n) is 7.51. The molecule has 1 aliphatic carbocycles. The molecule has 2 unspecified atom stereocenters. The first kappa shape index (κ1) is 14.6. The summed E-state index contributed by atoms with van der Waals surface area (Å²) in [5.41, 5.74) is 4.96. The molecule has 0 bridgehead atoms. The molecule has 1 saturated carbocycles. The molecule has 112 valence electrons. The normalized spacial score (nSPS) is 28.1. The average molecular weight is 305 g/mol. The fourth-order valence-corrected chi connectivity index (χ4v) is 3.64. The minimum absolute atomic E-state index is 0.218. The van der Waals surface area contributed by atoms with Crippen LogP contribution >= 0.6 is 11.8 Å². The number of hydrogen-bond donors (Lipinski definition) is 1. The highest BCUT2D eigenvalue weighted by molar-refractivity contribution is 8.14. The molecule has 1 N–H and O–H groups in total. The molecular formula is C16H20FN3S. The van der Waals surface area contributed by atoms with Gasteiger partial charge in [0, 0.05) is 5.75 Å². The van der Waals surface area contributed by atoms with E-state index in [2.05, 4.69) is 17.5 Å². The van der Waals surface area contributed by atoms with Crippen LogP contribution in [0.4, 0.5) is 4.39 Å². The van der Waals surface area contributed by atoms with Crippen molar-refractivity contribution < 1.29 is 4.39 Å². The van der Waals surface area contributed by atoms with Gasteiger partial charge in [-0.3, -0.25) is 10.4 Å². The summed E-state index contributed by atoms with van der Waals surface area (Å²) in [5, 5.41) is 5.31. The van der Waals surface area contributed by atoms with Crippen LogP contribution in [0.5, 0.6) is 0 Å². The quantitative estimate of drug-likeness (QED) is 0.902. The van der Waals surface area contributed by atoms with E-state index in [1.165, 1.54) is 37.8 Å². The Morgan fingerprint density at radius 3 is 2.67 bits per heavy atom. The van der Waals surface area contributed by atoms with Crippen molar-refractivity contribution in [2.45, 2.75) is 38.6 Å². The first-order valence-corrected chi connectivity index (χ1v) is 8.50. The van der Waals surface area contributed by atoms with Gasteiger partial charge in [-0.05, 0) is 36.5 Å². The summed E-state index contributed by atoms with van der Waals surface area (Å²) in [6, 6.07) is 6.89. The molecule has 1 aliphatic heterocycles. The van der Waals surface area contributed by atoms with Gasteiger partial charge in [0.05, 0.1) is 11.8 Å². The maximum atomic E-state index is 12.9. The maximum absolute atomic E-state index is 12.9. The summed E-state index contributed by atoms with van der Waals surface area (Å²) in [6.45, 7) is 2.29. The Bertz CT molecular complexity index is 553. The van der Waals surface area contributed by atoms with Crippen molar-refractivity contribution in [3.8, 4) is 0 Å². The van der Waals surface area contributed by atoms with Gasteiger partial charge in [-0.1, -0.05) is 43.7 Å². The molecule has 1 heterocycles. The van der Waals surface area contributed by atoms with Crippen LogP contribution in [0, 0.1) is 11.7 Å². The SMILES string of the molecule is CC1CCCCC1N=C1NN=C(c2ccc(F)cc2)CS1. The molecule has 0 amide bonds. The third-order valence-corrected chi connectivity index (χ3v) is 5.05. The second kappa shape index (κ2) is 6.60. The highest BCUT2D eigenvalue weighted by Crippen LogP contribution is 2.27. The zero-order valence-corrected chi connectivity index (χ0v) is 13.0. The van der Waals surface area contributed by atoms with Gasteiger partial charge in [0.15, 0.2) is 5.17 Å². The van der Waals surface area contributed by atoms with Crippen LogP contribution in [0.15, 0.2) is 34.4 Å². The molecule has 2 atom stereocenters. The summed E-state index contributed by atoms with van der Waals surface area (Å²) in [7, 11) is 0. The number of amidine groups is 1. The van der Waals surface area contributed by atoms with Crippen molar-refractivity contribution >= 4 is 22.6 Å². The van der Waals surface area contributed by atoms with Crippen molar-refractivity contribution in [2.24, 2.45) is 16.0 Å². The Morgan fingerprint density at radius 2 is 2.00 bits per heavy atom. The standard InChI is InChI=1S/C16H20FN3S/c1-11-4-2-3-5-14(11)18-16-20-19-15(10-21-16)12-6-8-13(17)9-7-12/h6-9,11,14H,2-5,10H2,1H3,(H,18,20). The van der Waals surface area contributed by atoms with Crippen molar-refractivity contribution in [1.29, 1.82) is 0 Å². The number of thioether (sulfide) groups is 1. The van der Waals surface area contributed by atoms with Crippen molar-refractivity contribution in [3.05, 3.63) is 35.6 Å². The topological polar surface area (TPSA) is 36.8 Å². The molecule has 1 aromatic rings. The zero-order chi connectivity index (χ0) is 14.7. The monoisotopic (exact) mass is 305 g/mol. The lowest BCUT2D eigenvalue weighted by atomic mass is 9.86. The van der Waals surface area contributed by atoms with Crippen molar-refractivity contribution in [2.75, 3.05) is 5.75 Å². The summed E-state index contributed by atoms with van der Waals surface area (Å²) >= 11 is 1.68. The lowest BCUT2D eigenvalue weighted by Gasteiger charge is -2.26. The van der Waals surface area contributed by atoms with Gasteiger partial charge in [0.2, 0.25) is 0 Å². The van der Waals surface area contributed by atoms with E-state index in [4.69, 9.17) is 4.99 Å². The summed E-state index contributed by atoms with van der Waals surface area (Å²) in [4.78, 5) is 4.82. The van der Waals surface area contributed by atoms with E-state index < -0.39 is 0 Å². The van der Waals surface area contributed by atoms with Crippen LogP contribution in [0.1, 0.15) is 38.2 Å². The number of benzene rings is 1. The molecule has 3 rings (SSSR count). The molecule has 21 heavy (non-hydrogen) atoms. The molecule has 0 radical (unpaired) electrons. The molecular weight excluding hydrogens is 285 g/mol. The van der Waals surface area contributed by atoms with Crippen molar-refractivity contribution in [3.63, 3.8) is 0 Å². The van der Waals surface area contributed by atoms with Gasteiger partial charge in [0.1, 0.15) is 5.82 Å². The van der Waals surface area contributed by atoms with E-state index in [1.54, 1.807) is 23.9 Å². The Hall–Kier alpha value is -1.36. The minimum atomic E-state index is -0.218. The number of aliphatic imine (C=N–C) groups is 1. The van der Waals surface area contributed by atoms with E-state index in [0.717, 1.165) is 22.2 Å². The van der Waals surface area contributed by atoms with Crippen LogP contribution in [-0.4, -0.2) is 22.7 Å². The number of nitrogens with one attached hydrogen (secondary N) is 1. The van der Waals surface area contributed by atoms with E-state index >= 15 is 0 Å². The molecule has 5 heteroatoms. The average Bonchev–Trinajstić information content (AvgIpc) is 2.51. The lowest BCUT2D eigenvalue weighted by Crippen LogP contribution is -2.29. The number of halogens is 1. The van der Waals surface area contributed by atoms with Gasteiger partial charge in [-0.15, -0.1) is 0 Å². The maximum Gasteiger partial charge on any atom is 0.177 e. The third kappa shape index (κ3) is 3.64. The molecule has 0 spiro atoms. The fourth-order valence-electron chi connectivity index (χ4n) is 2.81. The van der Waals surface area contributed by atoms with E-state index in [-0.39, 0.29) is 5.82 Å². The summed E-state index contributed by atoms with van der Waals surface area (Å²) < 4.78 is 12.9. The molecule has 0 saturated heterocycles. The zero-order valence-electron chi connectivity index (χ0n) is 12.2. The number of hydrogen-bond acceptors (Lipinski definition) is 3. The Labute approximate surface area is 129 Å². The highest BCUT2D eigenvalue weighted by Gasteiger charge is 2.22. The van der Waals surface area contributed by atoms with E-state index in [0.29, 0.717) is 12.0 Å². The lowest BCUT2D eigenvalue weighted by molar-refractivity contribution is 0.333. The third-order valence-electron chi connectivity index (χ3n) is 4.16. The fraction of sp³-hybridized carbons (Fsp3) is 0.500.